The van der Waals surface area contributed by atoms with Gasteiger partial charge in [0.1, 0.15) is 18.1 Å². The first-order chi connectivity index (χ1) is 12.7. The van der Waals surface area contributed by atoms with Crippen LogP contribution in [0.1, 0.15) is 31.1 Å². The quantitative estimate of drug-likeness (QED) is 0.697. The fraction of sp³-hybridized carbons (Fsp3) is 0.381. The lowest BCUT2D eigenvalue weighted by atomic mass is 10.2. The Morgan fingerprint density at radius 3 is 2.31 bits per heavy atom. The van der Waals surface area contributed by atoms with Gasteiger partial charge in [-0.15, -0.1) is 0 Å². The largest absolute Gasteiger partial charge is 0.493 e. The van der Waals surface area contributed by atoms with Crippen LogP contribution in [0.5, 0.6) is 11.5 Å². The number of amides is 1. The van der Waals surface area contributed by atoms with Crippen molar-refractivity contribution in [1.29, 1.82) is 0 Å². The molecule has 2 rings (SSSR count). The molecular weight excluding hydrogens is 328 g/mol. The van der Waals surface area contributed by atoms with Gasteiger partial charge in [0.15, 0.2) is 0 Å². The Labute approximate surface area is 155 Å². The van der Waals surface area contributed by atoms with E-state index in [1.807, 2.05) is 43.3 Å². The van der Waals surface area contributed by atoms with Crippen molar-refractivity contribution in [2.45, 2.75) is 20.8 Å². The molecule has 0 aromatic heterocycles. The van der Waals surface area contributed by atoms with Crippen LogP contribution in [0.2, 0.25) is 0 Å². The molecule has 1 amide bonds. The zero-order valence-electron chi connectivity index (χ0n) is 15.8. The molecule has 5 nitrogen and oxygen atoms in total. The minimum absolute atomic E-state index is 0.191. The van der Waals surface area contributed by atoms with Gasteiger partial charge < -0.3 is 19.7 Å². The number of benzene rings is 2. The number of carbonyl (C=O) groups is 1. The van der Waals surface area contributed by atoms with Gasteiger partial charge in [0.05, 0.1) is 12.2 Å². The van der Waals surface area contributed by atoms with Crippen molar-refractivity contribution in [3.8, 4) is 11.5 Å². The molecule has 0 aliphatic carbocycles. The molecule has 0 unspecified atom stereocenters. The lowest BCUT2D eigenvalue weighted by Gasteiger charge is -2.18. The number of nitrogens with one attached hydrogen (secondary N) is 1. The normalized spacial score (nSPS) is 10.6. The van der Waals surface area contributed by atoms with E-state index in [2.05, 4.69) is 24.1 Å². The number of carbonyl (C=O) groups excluding carboxylic acids is 1. The van der Waals surface area contributed by atoms with Crippen LogP contribution in [-0.4, -0.2) is 43.7 Å². The maximum Gasteiger partial charge on any atom is 0.259 e. The van der Waals surface area contributed by atoms with Crippen LogP contribution in [0, 0.1) is 0 Å². The van der Waals surface area contributed by atoms with Crippen molar-refractivity contribution < 1.29 is 14.3 Å². The van der Waals surface area contributed by atoms with Gasteiger partial charge in [0, 0.05) is 12.2 Å². The molecule has 0 aliphatic heterocycles. The van der Waals surface area contributed by atoms with E-state index in [1.54, 1.807) is 12.1 Å². The number of hydrogen-bond donors (Lipinski definition) is 1. The van der Waals surface area contributed by atoms with E-state index < -0.39 is 0 Å². The Kier molecular flexibility index (Phi) is 7.96. The molecule has 0 aliphatic rings. The standard InChI is InChI=1S/C21H28N2O3/c1-4-23(5-2)15-16-26-18-13-11-17(12-14-18)22-21(24)19-9-7-8-10-20(19)25-6-3/h7-14H,4-6,15-16H2,1-3H3,(H,22,24). The Morgan fingerprint density at radius 2 is 1.65 bits per heavy atom. The summed E-state index contributed by atoms with van der Waals surface area (Å²) in [6.45, 7) is 10.3. The molecular formula is C21H28N2O3. The molecule has 2 aromatic rings. The Morgan fingerprint density at radius 1 is 0.962 bits per heavy atom. The van der Waals surface area contributed by atoms with E-state index >= 15 is 0 Å². The van der Waals surface area contributed by atoms with Crippen LogP contribution < -0.4 is 14.8 Å². The van der Waals surface area contributed by atoms with Gasteiger partial charge in [0.2, 0.25) is 0 Å². The lowest BCUT2D eigenvalue weighted by Crippen LogP contribution is -2.27. The maximum atomic E-state index is 12.5. The summed E-state index contributed by atoms with van der Waals surface area (Å²) in [6, 6.07) is 14.6. The molecule has 0 saturated heterocycles. The van der Waals surface area contributed by atoms with Gasteiger partial charge in [-0.3, -0.25) is 4.79 Å². The number of para-hydroxylation sites is 1. The molecule has 26 heavy (non-hydrogen) atoms. The zero-order chi connectivity index (χ0) is 18.8. The molecule has 2 aromatic carbocycles. The number of nitrogens with zero attached hydrogens (tertiary/aromatic N) is 1. The van der Waals surface area contributed by atoms with Crippen LogP contribution in [0.4, 0.5) is 5.69 Å². The highest BCUT2D eigenvalue weighted by molar-refractivity contribution is 6.06. The number of hydrogen-bond acceptors (Lipinski definition) is 4. The lowest BCUT2D eigenvalue weighted by molar-refractivity contribution is 0.102. The second-order valence-corrected chi connectivity index (χ2v) is 5.78. The monoisotopic (exact) mass is 356 g/mol. The van der Waals surface area contributed by atoms with Crippen molar-refractivity contribution in [3.63, 3.8) is 0 Å². The minimum Gasteiger partial charge on any atom is -0.493 e. The first-order valence-electron chi connectivity index (χ1n) is 9.16. The predicted molar refractivity (Wildman–Crippen MR) is 105 cm³/mol. The molecule has 0 spiro atoms. The Balaban J connectivity index is 1.91. The average Bonchev–Trinajstić information content (AvgIpc) is 2.67. The molecule has 0 heterocycles. The molecule has 0 atom stereocenters. The third-order valence-electron chi connectivity index (χ3n) is 4.11. The third kappa shape index (κ3) is 5.77. The van der Waals surface area contributed by atoms with E-state index in [-0.39, 0.29) is 5.91 Å². The first-order valence-corrected chi connectivity index (χ1v) is 9.16. The van der Waals surface area contributed by atoms with Gasteiger partial charge in [-0.25, -0.2) is 0 Å². The summed E-state index contributed by atoms with van der Waals surface area (Å²) < 4.78 is 11.3. The van der Waals surface area contributed by atoms with E-state index in [0.717, 1.165) is 31.1 Å². The SMILES string of the molecule is CCOc1ccccc1C(=O)Nc1ccc(OCCN(CC)CC)cc1. The van der Waals surface area contributed by atoms with Crippen molar-refractivity contribution in [3.05, 3.63) is 54.1 Å². The van der Waals surface area contributed by atoms with Crippen LogP contribution in [0.3, 0.4) is 0 Å². The predicted octanol–water partition coefficient (Wildman–Crippen LogP) is 4.06. The van der Waals surface area contributed by atoms with E-state index in [4.69, 9.17) is 9.47 Å². The summed E-state index contributed by atoms with van der Waals surface area (Å²) in [6.07, 6.45) is 0. The van der Waals surface area contributed by atoms with Crippen LogP contribution in [0.15, 0.2) is 48.5 Å². The number of rotatable bonds is 10. The summed E-state index contributed by atoms with van der Waals surface area (Å²) >= 11 is 0. The van der Waals surface area contributed by atoms with Gasteiger partial charge in [-0.2, -0.15) is 0 Å². The molecule has 140 valence electrons. The zero-order valence-corrected chi connectivity index (χ0v) is 15.8. The highest BCUT2D eigenvalue weighted by Gasteiger charge is 2.12. The van der Waals surface area contributed by atoms with Crippen molar-refractivity contribution >= 4 is 11.6 Å². The summed E-state index contributed by atoms with van der Waals surface area (Å²) in [5, 5.41) is 2.89. The number of ether oxygens (including phenoxy) is 2. The molecule has 1 N–H and O–H groups in total. The van der Waals surface area contributed by atoms with Crippen molar-refractivity contribution in [2.75, 3.05) is 38.2 Å². The smallest absolute Gasteiger partial charge is 0.259 e. The number of anilines is 1. The summed E-state index contributed by atoms with van der Waals surface area (Å²) in [4.78, 5) is 14.8. The second-order valence-electron chi connectivity index (χ2n) is 5.78. The van der Waals surface area contributed by atoms with E-state index in [9.17, 15) is 4.79 Å². The molecule has 0 radical (unpaired) electrons. The average molecular weight is 356 g/mol. The second kappa shape index (κ2) is 10.5. The van der Waals surface area contributed by atoms with E-state index in [1.165, 1.54) is 0 Å². The van der Waals surface area contributed by atoms with E-state index in [0.29, 0.717) is 24.5 Å². The fourth-order valence-electron chi connectivity index (χ4n) is 2.60. The molecule has 5 heteroatoms. The van der Waals surface area contributed by atoms with Gasteiger partial charge in [-0.05, 0) is 56.4 Å². The third-order valence-corrected chi connectivity index (χ3v) is 4.11. The topological polar surface area (TPSA) is 50.8 Å². The maximum absolute atomic E-state index is 12.5. The van der Waals surface area contributed by atoms with Gasteiger partial charge in [0.25, 0.3) is 5.91 Å². The minimum atomic E-state index is -0.191. The fourth-order valence-corrected chi connectivity index (χ4v) is 2.60. The van der Waals surface area contributed by atoms with Crippen LogP contribution >= 0.6 is 0 Å². The Bertz CT molecular complexity index is 682. The van der Waals surface area contributed by atoms with Crippen molar-refractivity contribution in [2.24, 2.45) is 0 Å². The summed E-state index contributed by atoms with van der Waals surface area (Å²) in [5.41, 5.74) is 1.24. The van der Waals surface area contributed by atoms with Crippen molar-refractivity contribution in [1.82, 2.24) is 4.90 Å². The van der Waals surface area contributed by atoms with Gasteiger partial charge in [-0.1, -0.05) is 26.0 Å². The van der Waals surface area contributed by atoms with Gasteiger partial charge >= 0.3 is 0 Å². The Hall–Kier alpha value is -2.53. The van der Waals surface area contributed by atoms with Crippen LogP contribution in [0.25, 0.3) is 0 Å². The summed E-state index contributed by atoms with van der Waals surface area (Å²) in [7, 11) is 0. The molecule has 0 bridgehead atoms. The number of likely N-dealkylation sites (N-methyl/N-ethyl adjacent to an activating group) is 1. The molecule has 0 saturated carbocycles. The molecule has 0 fully saturated rings. The van der Waals surface area contributed by atoms with Crippen LogP contribution in [-0.2, 0) is 0 Å². The highest BCUT2D eigenvalue weighted by atomic mass is 16.5. The first kappa shape index (κ1) is 19.8. The summed E-state index contributed by atoms with van der Waals surface area (Å²) in [5.74, 6) is 1.19. The highest BCUT2D eigenvalue weighted by Crippen LogP contribution is 2.21.